The number of aryl methyl sites for hydroxylation is 1. The third kappa shape index (κ3) is 2.97. The molecule has 0 radical (unpaired) electrons. The van der Waals surface area contributed by atoms with Gasteiger partial charge in [0.25, 0.3) is 5.91 Å². The minimum absolute atomic E-state index is 0.0957. The second-order valence-corrected chi connectivity index (χ2v) is 6.37. The van der Waals surface area contributed by atoms with Crippen LogP contribution in [0.4, 0.5) is 8.78 Å². The molecule has 0 atom stereocenters. The lowest BCUT2D eigenvalue weighted by molar-refractivity contribution is 0.0992. The van der Waals surface area contributed by atoms with Gasteiger partial charge in [-0.1, -0.05) is 11.6 Å². The maximum atomic E-state index is 14.5. The van der Waals surface area contributed by atoms with Crippen LogP contribution in [0.1, 0.15) is 16.2 Å². The summed E-state index contributed by atoms with van der Waals surface area (Å²) in [4.78, 5) is 23.9. The van der Waals surface area contributed by atoms with Crippen LogP contribution < -0.4 is 5.73 Å². The lowest BCUT2D eigenvalue weighted by atomic mass is 10.1. The van der Waals surface area contributed by atoms with Crippen LogP contribution in [0.2, 0.25) is 5.02 Å². The van der Waals surface area contributed by atoms with Gasteiger partial charge in [-0.2, -0.15) is 0 Å². The summed E-state index contributed by atoms with van der Waals surface area (Å²) in [5, 5.41) is 0.395. The number of carbonyl (C=O) groups is 1. The van der Waals surface area contributed by atoms with Gasteiger partial charge in [0, 0.05) is 18.1 Å². The van der Waals surface area contributed by atoms with Crippen LogP contribution in [0.15, 0.2) is 41.1 Å². The molecule has 0 fully saturated rings. The Hall–Kier alpha value is -3.39. The number of nitrogens with two attached hydrogens (primary N) is 1. The van der Waals surface area contributed by atoms with Gasteiger partial charge in [-0.15, -0.1) is 0 Å². The van der Waals surface area contributed by atoms with Crippen molar-refractivity contribution in [2.45, 2.75) is 6.92 Å². The van der Waals surface area contributed by atoms with Crippen molar-refractivity contribution in [2.75, 3.05) is 0 Å². The molecule has 0 aliphatic rings. The number of fused-ring (bicyclic) bond motifs is 1. The van der Waals surface area contributed by atoms with Crippen molar-refractivity contribution in [3.05, 3.63) is 64.8 Å². The number of nitrogens with zero attached hydrogens (tertiary/aromatic N) is 3. The third-order valence-electron chi connectivity index (χ3n) is 4.13. The molecule has 2 N–H and O–H groups in total. The Morgan fingerprint density at radius 2 is 1.79 bits per heavy atom. The predicted octanol–water partition coefficient (Wildman–Crippen LogP) is 4.29. The molecular weight excluding hydrogens is 390 g/mol. The minimum atomic E-state index is -1.20. The zero-order chi connectivity index (χ0) is 20.0. The van der Waals surface area contributed by atoms with Crippen LogP contribution in [0, 0.1) is 18.6 Å². The van der Waals surface area contributed by atoms with Gasteiger partial charge in [0.05, 0.1) is 28.8 Å². The number of primary amides is 1. The second kappa shape index (κ2) is 6.65. The van der Waals surface area contributed by atoms with Crippen LogP contribution in [0.3, 0.4) is 0 Å². The van der Waals surface area contributed by atoms with E-state index < -0.39 is 23.1 Å². The standard InChI is InChI=1S/C19H11ClF2N4O2/c1-8-26-13-5-11(20)10(4-16(13)28-8)15-7-24-14(6-25-15)9-2-3-12(21)17(18(9)22)19(23)27/h2-7H,1H3,(H2,23,27). The first-order chi connectivity index (χ1) is 13.3. The summed E-state index contributed by atoms with van der Waals surface area (Å²) in [6.45, 7) is 1.72. The molecule has 4 rings (SSSR count). The van der Waals surface area contributed by atoms with Crippen molar-refractivity contribution < 1.29 is 18.0 Å². The van der Waals surface area contributed by atoms with E-state index in [1.165, 1.54) is 12.4 Å². The third-order valence-corrected chi connectivity index (χ3v) is 4.44. The summed E-state index contributed by atoms with van der Waals surface area (Å²) >= 11 is 6.30. The highest BCUT2D eigenvalue weighted by atomic mass is 35.5. The van der Waals surface area contributed by atoms with Crippen LogP contribution in [0.25, 0.3) is 33.6 Å². The van der Waals surface area contributed by atoms with Gasteiger partial charge in [-0.25, -0.2) is 13.8 Å². The highest BCUT2D eigenvalue weighted by Crippen LogP contribution is 2.32. The summed E-state index contributed by atoms with van der Waals surface area (Å²) in [6, 6.07) is 5.45. The van der Waals surface area contributed by atoms with E-state index in [2.05, 4.69) is 15.0 Å². The van der Waals surface area contributed by atoms with E-state index in [9.17, 15) is 13.6 Å². The summed E-state index contributed by atoms with van der Waals surface area (Å²) in [6.07, 6.45) is 2.68. The average molecular weight is 401 g/mol. The molecule has 0 saturated heterocycles. The molecule has 2 heterocycles. The van der Waals surface area contributed by atoms with Gasteiger partial charge in [-0.05, 0) is 24.3 Å². The molecule has 0 unspecified atom stereocenters. The fourth-order valence-electron chi connectivity index (χ4n) is 2.84. The maximum Gasteiger partial charge on any atom is 0.254 e. The fraction of sp³-hybridized carbons (Fsp3) is 0.0526. The number of hydrogen-bond acceptors (Lipinski definition) is 5. The molecule has 2 aromatic carbocycles. The Labute approximate surface area is 162 Å². The molecule has 0 aliphatic carbocycles. The van der Waals surface area contributed by atoms with E-state index in [0.29, 0.717) is 33.3 Å². The Kier molecular flexibility index (Phi) is 4.27. The smallest absolute Gasteiger partial charge is 0.254 e. The summed E-state index contributed by atoms with van der Waals surface area (Å²) in [7, 11) is 0. The lowest BCUT2D eigenvalue weighted by Crippen LogP contribution is -2.16. The number of carbonyl (C=O) groups excluding carboxylic acids is 1. The number of benzene rings is 2. The van der Waals surface area contributed by atoms with Gasteiger partial charge in [0.15, 0.2) is 11.5 Å². The Morgan fingerprint density at radius 3 is 2.43 bits per heavy atom. The average Bonchev–Trinajstić information content (AvgIpc) is 3.00. The van der Waals surface area contributed by atoms with Gasteiger partial charge >= 0.3 is 0 Å². The molecule has 140 valence electrons. The van der Waals surface area contributed by atoms with Gasteiger partial charge < -0.3 is 10.2 Å². The van der Waals surface area contributed by atoms with Crippen molar-refractivity contribution in [2.24, 2.45) is 5.73 Å². The molecule has 0 spiro atoms. The molecule has 0 aliphatic heterocycles. The maximum absolute atomic E-state index is 14.5. The van der Waals surface area contributed by atoms with Crippen molar-refractivity contribution >= 4 is 28.6 Å². The second-order valence-electron chi connectivity index (χ2n) is 5.97. The highest BCUT2D eigenvalue weighted by molar-refractivity contribution is 6.34. The first-order valence-electron chi connectivity index (χ1n) is 8.02. The fourth-order valence-corrected chi connectivity index (χ4v) is 3.10. The van der Waals surface area contributed by atoms with Crippen molar-refractivity contribution in [3.63, 3.8) is 0 Å². The summed E-state index contributed by atoms with van der Waals surface area (Å²) in [5.41, 5.74) is 6.36. The molecule has 2 aromatic heterocycles. The quantitative estimate of drug-likeness (QED) is 0.553. The minimum Gasteiger partial charge on any atom is -0.441 e. The van der Waals surface area contributed by atoms with Crippen molar-refractivity contribution in [1.29, 1.82) is 0 Å². The van der Waals surface area contributed by atoms with E-state index in [-0.39, 0.29) is 11.3 Å². The predicted molar refractivity (Wildman–Crippen MR) is 98.7 cm³/mol. The van der Waals surface area contributed by atoms with Crippen molar-refractivity contribution in [1.82, 2.24) is 15.0 Å². The molecule has 1 amide bonds. The Bertz CT molecular complexity index is 1240. The lowest BCUT2D eigenvalue weighted by Gasteiger charge is -2.08. The summed E-state index contributed by atoms with van der Waals surface area (Å²) < 4.78 is 33.6. The number of halogens is 3. The SMILES string of the molecule is Cc1nc2cc(Cl)c(-c3cnc(-c4ccc(F)c(C(N)=O)c4F)cn3)cc2o1. The normalized spacial score (nSPS) is 11.1. The van der Waals surface area contributed by atoms with E-state index in [1.807, 2.05) is 0 Å². The largest absolute Gasteiger partial charge is 0.441 e. The van der Waals surface area contributed by atoms with E-state index in [1.54, 1.807) is 19.1 Å². The highest BCUT2D eigenvalue weighted by Gasteiger charge is 2.20. The summed E-state index contributed by atoms with van der Waals surface area (Å²) in [5.74, 6) is -2.84. The zero-order valence-corrected chi connectivity index (χ0v) is 15.1. The van der Waals surface area contributed by atoms with Crippen LogP contribution in [0.5, 0.6) is 0 Å². The Balaban J connectivity index is 1.77. The van der Waals surface area contributed by atoms with Crippen LogP contribution in [-0.4, -0.2) is 20.9 Å². The Morgan fingerprint density at radius 1 is 1.11 bits per heavy atom. The molecule has 4 aromatic rings. The molecule has 6 nitrogen and oxygen atoms in total. The van der Waals surface area contributed by atoms with Gasteiger partial charge in [-0.3, -0.25) is 14.8 Å². The zero-order valence-electron chi connectivity index (χ0n) is 14.3. The number of rotatable bonds is 3. The number of amides is 1. The number of aromatic nitrogens is 3. The van der Waals surface area contributed by atoms with Crippen LogP contribution >= 0.6 is 11.6 Å². The molecule has 9 heteroatoms. The van der Waals surface area contributed by atoms with E-state index in [0.717, 1.165) is 12.1 Å². The topological polar surface area (TPSA) is 94.9 Å². The first kappa shape index (κ1) is 18.0. The van der Waals surface area contributed by atoms with Gasteiger partial charge in [0.1, 0.15) is 22.7 Å². The number of oxazole rings is 1. The monoisotopic (exact) mass is 400 g/mol. The van der Waals surface area contributed by atoms with Crippen molar-refractivity contribution in [3.8, 4) is 22.5 Å². The molecule has 0 bridgehead atoms. The molecular formula is C19H11ClF2N4O2. The van der Waals surface area contributed by atoms with Crippen LogP contribution in [-0.2, 0) is 0 Å². The van der Waals surface area contributed by atoms with E-state index in [4.69, 9.17) is 21.8 Å². The van der Waals surface area contributed by atoms with E-state index >= 15 is 0 Å². The molecule has 28 heavy (non-hydrogen) atoms. The number of hydrogen-bond donors (Lipinski definition) is 1. The van der Waals surface area contributed by atoms with Gasteiger partial charge in [0.2, 0.25) is 0 Å². The first-order valence-corrected chi connectivity index (χ1v) is 8.40. The molecule has 0 saturated carbocycles.